The average Bonchev–Trinajstić information content (AvgIpc) is 2.36. The molecule has 1 aromatic heterocycles. The van der Waals surface area contributed by atoms with Crippen LogP contribution in [0.3, 0.4) is 0 Å². The smallest absolute Gasteiger partial charge is 0.0492 e. The Morgan fingerprint density at radius 2 is 2.40 bits per heavy atom. The molecule has 0 bridgehead atoms. The van der Waals surface area contributed by atoms with Crippen molar-refractivity contribution >= 4 is 0 Å². The first-order valence-corrected chi connectivity index (χ1v) is 3.72. The highest BCUT2D eigenvalue weighted by Gasteiger charge is 2.29. The summed E-state index contributed by atoms with van der Waals surface area (Å²) < 4.78 is 2.10. The molecule has 0 saturated heterocycles. The van der Waals surface area contributed by atoms with Crippen LogP contribution in [0.2, 0.25) is 0 Å². The number of rotatable bonds is 0. The van der Waals surface area contributed by atoms with E-state index in [0.717, 1.165) is 6.54 Å². The molecular formula is C8H12N2. The first-order chi connectivity index (χ1) is 4.70. The van der Waals surface area contributed by atoms with Crippen LogP contribution in [0.25, 0.3) is 0 Å². The summed E-state index contributed by atoms with van der Waals surface area (Å²) in [5, 5.41) is 4.21. The summed E-state index contributed by atoms with van der Waals surface area (Å²) in [5.74, 6) is 0. The summed E-state index contributed by atoms with van der Waals surface area (Å²) >= 11 is 0. The third-order valence-corrected chi connectivity index (χ3v) is 2.36. The van der Waals surface area contributed by atoms with Crippen molar-refractivity contribution in [1.82, 2.24) is 9.78 Å². The Kier molecular flexibility index (Phi) is 0.967. The highest BCUT2D eigenvalue weighted by molar-refractivity contribution is 5.16. The van der Waals surface area contributed by atoms with Gasteiger partial charge in [0.25, 0.3) is 0 Å². The van der Waals surface area contributed by atoms with Crippen LogP contribution < -0.4 is 0 Å². The third kappa shape index (κ3) is 0.618. The van der Waals surface area contributed by atoms with Crippen LogP contribution in [-0.4, -0.2) is 9.78 Å². The number of nitrogens with zero attached hydrogens (tertiary/aromatic N) is 2. The van der Waals surface area contributed by atoms with Crippen molar-refractivity contribution in [2.75, 3.05) is 0 Å². The second-order valence-corrected chi connectivity index (χ2v) is 3.57. The highest BCUT2D eigenvalue weighted by atomic mass is 15.3. The SMILES string of the molecule is CC1(C)CCn2nccc21. The van der Waals surface area contributed by atoms with E-state index in [1.807, 2.05) is 6.20 Å². The summed E-state index contributed by atoms with van der Waals surface area (Å²) in [5.41, 5.74) is 1.74. The molecule has 0 amide bonds. The molecule has 2 nitrogen and oxygen atoms in total. The Balaban J connectivity index is 2.54. The molecule has 2 rings (SSSR count). The summed E-state index contributed by atoms with van der Waals surface area (Å²) in [6, 6.07) is 2.12. The van der Waals surface area contributed by atoms with E-state index in [-0.39, 0.29) is 0 Å². The van der Waals surface area contributed by atoms with E-state index in [9.17, 15) is 0 Å². The van der Waals surface area contributed by atoms with Crippen molar-refractivity contribution < 1.29 is 0 Å². The first kappa shape index (κ1) is 5.96. The molecule has 0 unspecified atom stereocenters. The predicted molar refractivity (Wildman–Crippen MR) is 39.9 cm³/mol. The van der Waals surface area contributed by atoms with Crippen LogP contribution in [0.15, 0.2) is 12.3 Å². The summed E-state index contributed by atoms with van der Waals surface area (Å²) in [4.78, 5) is 0. The number of fused-ring (bicyclic) bond motifs is 1. The van der Waals surface area contributed by atoms with Crippen LogP contribution in [-0.2, 0) is 12.0 Å². The lowest BCUT2D eigenvalue weighted by Crippen LogP contribution is -2.11. The van der Waals surface area contributed by atoms with Crippen LogP contribution >= 0.6 is 0 Å². The van der Waals surface area contributed by atoms with E-state index < -0.39 is 0 Å². The van der Waals surface area contributed by atoms with Gasteiger partial charge in [-0.3, -0.25) is 4.68 Å². The Morgan fingerprint density at radius 1 is 1.60 bits per heavy atom. The van der Waals surface area contributed by atoms with Gasteiger partial charge in [-0.25, -0.2) is 0 Å². The fourth-order valence-electron chi connectivity index (χ4n) is 1.60. The molecule has 1 aliphatic rings. The summed E-state index contributed by atoms with van der Waals surface area (Å²) in [6.07, 6.45) is 3.12. The second-order valence-electron chi connectivity index (χ2n) is 3.57. The Morgan fingerprint density at radius 3 is 3.10 bits per heavy atom. The Labute approximate surface area is 60.9 Å². The van der Waals surface area contributed by atoms with Crippen LogP contribution in [0.5, 0.6) is 0 Å². The van der Waals surface area contributed by atoms with Crippen molar-refractivity contribution in [1.29, 1.82) is 0 Å². The minimum Gasteiger partial charge on any atom is -0.269 e. The largest absolute Gasteiger partial charge is 0.269 e. The zero-order valence-corrected chi connectivity index (χ0v) is 6.46. The fraction of sp³-hybridized carbons (Fsp3) is 0.625. The van der Waals surface area contributed by atoms with E-state index >= 15 is 0 Å². The average molecular weight is 136 g/mol. The lowest BCUT2D eigenvalue weighted by Gasteiger charge is -2.14. The number of hydrogen-bond donors (Lipinski definition) is 0. The van der Waals surface area contributed by atoms with Crippen molar-refractivity contribution in [3.63, 3.8) is 0 Å². The molecule has 0 aromatic carbocycles. The molecule has 0 atom stereocenters. The van der Waals surface area contributed by atoms with Gasteiger partial charge in [-0.15, -0.1) is 0 Å². The van der Waals surface area contributed by atoms with Crippen molar-refractivity contribution in [2.24, 2.45) is 0 Å². The van der Waals surface area contributed by atoms with Gasteiger partial charge in [0.05, 0.1) is 0 Å². The van der Waals surface area contributed by atoms with Gasteiger partial charge >= 0.3 is 0 Å². The van der Waals surface area contributed by atoms with Crippen molar-refractivity contribution in [2.45, 2.75) is 32.2 Å². The van der Waals surface area contributed by atoms with Gasteiger partial charge in [0.1, 0.15) is 0 Å². The molecule has 1 aliphatic heterocycles. The van der Waals surface area contributed by atoms with Crippen LogP contribution in [0, 0.1) is 0 Å². The maximum Gasteiger partial charge on any atom is 0.0492 e. The summed E-state index contributed by atoms with van der Waals surface area (Å²) in [7, 11) is 0. The zero-order valence-electron chi connectivity index (χ0n) is 6.46. The molecule has 2 heterocycles. The van der Waals surface area contributed by atoms with Crippen LogP contribution in [0.1, 0.15) is 26.0 Å². The molecule has 0 N–H and O–H groups in total. The molecular weight excluding hydrogens is 124 g/mol. The van der Waals surface area contributed by atoms with Gasteiger partial charge < -0.3 is 0 Å². The minimum absolute atomic E-state index is 0.358. The summed E-state index contributed by atoms with van der Waals surface area (Å²) in [6.45, 7) is 5.64. The monoisotopic (exact) mass is 136 g/mol. The molecule has 0 aliphatic carbocycles. The lowest BCUT2D eigenvalue weighted by atomic mass is 9.89. The van der Waals surface area contributed by atoms with E-state index in [4.69, 9.17) is 0 Å². The maximum absolute atomic E-state index is 4.21. The third-order valence-electron chi connectivity index (χ3n) is 2.36. The van der Waals surface area contributed by atoms with E-state index in [0.29, 0.717) is 5.41 Å². The molecule has 0 fully saturated rings. The number of aromatic nitrogens is 2. The molecule has 54 valence electrons. The maximum atomic E-state index is 4.21. The van der Waals surface area contributed by atoms with Crippen LogP contribution in [0.4, 0.5) is 0 Å². The predicted octanol–water partition coefficient (Wildman–Crippen LogP) is 1.56. The molecule has 0 spiro atoms. The standard InChI is InChI=1S/C8H12N2/c1-8(2)4-6-10-7(8)3-5-9-10/h3,5H,4,6H2,1-2H3. The highest BCUT2D eigenvalue weighted by Crippen LogP contribution is 2.32. The first-order valence-electron chi connectivity index (χ1n) is 3.72. The number of hydrogen-bond acceptors (Lipinski definition) is 1. The fourth-order valence-corrected chi connectivity index (χ4v) is 1.60. The topological polar surface area (TPSA) is 17.8 Å². The molecule has 10 heavy (non-hydrogen) atoms. The van der Waals surface area contributed by atoms with Gasteiger partial charge in [0.15, 0.2) is 0 Å². The zero-order chi connectivity index (χ0) is 7.19. The van der Waals surface area contributed by atoms with E-state index in [2.05, 4.69) is 29.7 Å². The van der Waals surface area contributed by atoms with Gasteiger partial charge in [0.2, 0.25) is 0 Å². The minimum atomic E-state index is 0.358. The quantitative estimate of drug-likeness (QED) is 0.529. The lowest BCUT2D eigenvalue weighted by molar-refractivity contribution is 0.518. The molecule has 0 saturated carbocycles. The van der Waals surface area contributed by atoms with E-state index in [1.54, 1.807) is 0 Å². The molecule has 0 radical (unpaired) electrons. The normalized spacial score (nSPS) is 21.0. The van der Waals surface area contributed by atoms with Gasteiger partial charge in [0, 0.05) is 23.9 Å². The van der Waals surface area contributed by atoms with Gasteiger partial charge in [-0.1, -0.05) is 13.8 Å². The van der Waals surface area contributed by atoms with Gasteiger partial charge in [-0.05, 0) is 12.5 Å². The van der Waals surface area contributed by atoms with Crippen molar-refractivity contribution in [3.8, 4) is 0 Å². The van der Waals surface area contributed by atoms with Gasteiger partial charge in [-0.2, -0.15) is 5.10 Å². The Bertz CT molecular complexity index is 248. The molecule has 1 aromatic rings. The molecule has 2 heteroatoms. The van der Waals surface area contributed by atoms with Crippen molar-refractivity contribution in [3.05, 3.63) is 18.0 Å². The second kappa shape index (κ2) is 1.62. The van der Waals surface area contributed by atoms with E-state index in [1.165, 1.54) is 12.1 Å². The Hall–Kier alpha value is -0.790. The number of aryl methyl sites for hydroxylation is 1.